The van der Waals surface area contributed by atoms with Gasteiger partial charge in [-0.15, -0.1) is 10.2 Å². The highest BCUT2D eigenvalue weighted by Gasteiger charge is 2.46. The van der Waals surface area contributed by atoms with Crippen LogP contribution in [0.2, 0.25) is 0 Å². The third-order valence-corrected chi connectivity index (χ3v) is 5.38. The second-order valence-electron chi connectivity index (χ2n) is 8.10. The second-order valence-corrected chi connectivity index (χ2v) is 8.10. The van der Waals surface area contributed by atoms with Crippen molar-refractivity contribution in [2.45, 2.75) is 33.6 Å². The van der Waals surface area contributed by atoms with E-state index >= 15 is 0 Å². The van der Waals surface area contributed by atoms with Gasteiger partial charge in [-0.1, -0.05) is 87.1 Å². The number of aromatic nitrogens is 2. The van der Waals surface area contributed by atoms with Gasteiger partial charge in [-0.05, 0) is 29.4 Å². The maximum absolute atomic E-state index is 5.63. The summed E-state index contributed by atoms with van der Waals surface area (Å²) >= 11 is 0. The van der Waals surface area contributed by atoms with Crippen molar-refractivity contribution in [1.82, 2.24) is 10.2 Å². The van der Waals surface area contributed by atoms with E-state index in [1.807, 2.05) is 0 Å². The van der Waals surface area contributed by atoms with Gasteiger partial charge in [-0.2, -0.15) is 0 Å². The van der Waals surface area contributed by atoms with Crippen LogP contribution < -0.4 is 0 Å². The smallest absolute Gasteiger partial charge is 0.244 e. The number of benzene rings is 1. The molecule has 0 N–H and O–H groups in total. The van der Waals surface area contributed by atoms with Crippen LogP contribution in [0.25, 0.3) is 11.1 Å². The molecule has 0 amide bonds. The summed E-state index contributed by atoms with van der Waals surface area (Å²) in [5.74, 6) is 0.624. The van der Waals surface area contributed by atoms with E-state index < -0.39 is 0 Å². The Morgan fingerprint density at radius 1 is 1.04 bits per heavy atom. The lowest BCUT2D eigenvalue weighted by Gasteiger charge is -2.45. The molecule has 1 aromatic carbocycles. The first-order chi connectivity index (χ1) is 12.5. The molecule has 0 aliphatic heterocycles. The zero-order valence-electron chi connectivity index (χ0n) is 15.6. The van der Waals surface area contributed by atoms with Crippen LogP contribution in [-0.4, -0.2) is 10.2 Å². The fraction of sp³-hybridized carbons (Fsp3) is 0.304. The van der Waals surface area contributed by atoms with Gasteiger partial charge in [-0.25, -0.2) is 0 Å². The van der Waals surface area contributed by atoms with Gasteiger partial charge >= 0.3 is 0 Å². The molecule has 0 saturated heterocycles. The van der Waals surface area contributed by atoms with Crippen molar-refractivity contribution in [2.24, 2.45) is 10.8 Å². The van der Waals surface area contributed by atoms with Crippen LogP contribution >= 0.6 is 0 Å². The molecular formula is C23H24N2O. The van der Waals surface area contributed by atoms with E-state index in [0.29, 0.717) is 5.89 Å². The van der Waals surface area contributed by atoms with Crippen molar-refractivity contribution in [1.29, 1.82) is 0 Å². The van der Waals surface area contributed by atoms with E-state index in [1.165, 1.54) is 23.1 Å². The monoisotopic (exact) mass is 344 g/mol. The molecule has 26 heavy (non-hydrogen) atoms. The highest BCUT2D eigenvalue weighted by molar-refractivity contribution is 5.82. The summed E-state index contributed by atoms with van der Waals surface area (Å²) in [6.45, 7) is 6.85. The Bertz CT molecular complexity index is 909. The number of hydrogen-bond donors (Lipinski definition) is 0. The number of nitrogens with zero attached hydrogens (tertiary/aromatic N) is 2. The van der Waals surface area contributed by atoms with Crippen molar-refractivity contribution in [3.05, 3.63) is 84.1 Å². The van der Waals surface area contributed by atoms with Crippen LogP contribution in [0.4, 0.5) is 0 Å². The molecule has 2 aromatic rings. The van der Waals surface area contributed by atoms with E-state index in [2.05, 4.69) is 91.7 Å². The van der Waals surface area contributed by atoms with Crippen LogP contribution in [-0.2, 0) is 0 Å². The molecule has 0 fully saturated rings. The molecule has 2 aliphatic carbocycles. The van der Waals surface area contributed by atoms with E-state index in [0.717, 1.165) is 18.4 Å². The van der Waals surface area contributed by atoms with Crippen LogP contribution in [0.5, 0.6) is 0 Å². The lowest BCUT2D eigenvalue weighted by Crippen LogP contribution is -2.34. The van der Waals surface area contributed by atoms with Crippen molar-refractivity contribution in [3.8, 4) is 0 Å². The lowest BCUT2D eigenvalue weighted by atomic mass is 9.57. The Kier molecular flexibility index (Phi) is 4.03. The van der Waals surface area contributed by atoms with Gasteiger partial charge in [0.1, 0.15) is 0 Å². The van der Waals surface area contributed by atoms with E-state index in [9.17, 15) is 0 Å². The third kappa shape index (κ3) is 2.78. The molecule has 132 valence electrons. The van der Waals surface area contributed by atoms with Gasteiger partial charge in [0.2, 0.25) is 12.3 Å². The number of hydrogen-bond acceptors (Lipinski definition) is 3. The molecule has 3 heteroatoms. The lowest BCUT2D eigenvalue weighted by molar-refractivity contribution is 0.352. The van der Waals surface area contributed by atoms with Crippen LogP contribution in [0.1, 0.15) is 45.1 Å². The Balaban J connectivity index is 1.89. The minimum atomic E-state index is -0.153. The van der Waals surface area contributed by atoms with Crippen LogP contribution in [0.3, 0.4) is 0 Å². The molecule has 4 rings (SSSR count). The molecule has 1 aromatic heterocycles. The third-order valence-electron chi connectivity index (χ3n) is 5.38. The molecule has 0 saturated carbocycles. The predicted molar refractivity (Wildman–Crippen MR) is 105 cm³/mol. The maximum atomic E-state index is 5.63. The highest BCUT2D eigenvalue weighted by atomic mass is 16.4. The van der Waals surface area contributed by atoms with Crippen LogP contribution in [0.15, 0.2) is 77.1 Å². The van der Waals surface area contributed by atoms with Crippen molar-refractivity contribution in [2.75, 3.05) is 0 Å². The summed E-state index contributed by atoms with van der Waals surface area (Å²) in [5.41, 5.74) is 5.05. The summed E-state index contributed by atoms with van der Waals surface area (Å²) in [6.07, 6.45) is 14.4. The van der Waals surface area contributed by atoms with Gasteiger partial charge in [-0.3, -0.25) is 0 Å². The molecule has 3 nitrogen and oxygen atoms in total. The number of rotatable bonds is 2. The first-order valence-corrected chi connectivity index (χ1v) is 9.12. The van der Waals surface area contributed by atoms with Crippen LogP contribution in [0, 0.1) is 10.8 Å². The molecule has 1 heterocycles. The second kappa shape index (κ2) is 6.24. The molecule has 1 spiro atoms. The van der Waals surface area contributed by atoms with Gasteiger partial charge < -0.3 is 4.42 Å². The zero-order chi connectivity index (χ0) is 18.2. The SMILES string of the molecule is CC(C)(C)C1=CC=CCC12CC(c1ccccc1)=CC=C2c1nnco1. The Morgan fingerprint density at radius 3 is 2.54 bits per heavy atom. The predicted octanol–water partition coefficient (Wildman–Crippen LogP) is 5.86. The molecular weight excluding hydrogens is 320 g/mol. The Hall–Kier alpha value is -2.68. The summed E-state index contributed by atoms with van der Waals surface area (Å²) in [7, 11) is 0. The summed E-state index contributed by atoms with van der Waals surface area (Å²) in [6, 6.07) is 10.6. The largest absolute Gasteiger partial charge is 0.424 e. The maximum Gasteiger partial charge on any atom is 0.244 e. The fourth-order valence-corrected chi connectivity index (χ4v) is 4.33. The first kappa shape index (κ1) is 16.8. The quantitative estimate of drug-likeness (QED) is 0.685. The average Bonchev–Trinajstić information content (AvgIpc) is 3.16. The van der Waals surface area contributed by atoms with Gasteiger partial charge in [0.05, 0.1) is 0 Å². The Labute approximate surface area is 154 Å². The minimum absolute atomic E-state index is 0.0447. The zero-order valence-corrected chi connectivity index (χ0v) is 15.6. The van der Waals surface area contributed by atoms with Gasteiger partial charge in [0, 0.05) is 11.0 Å². The van der Waals surface area contributed by atoms with Gasteiger partial charge in [0.15, 0.2) is 0 Å². The van der Waals surface area contributed by atoms with Gasteiger partial charge in [0.25, 0.3) is 0 Å². The van der Waals surface area contributed by atoms with Crippen molar-refractivity contribution < 1.29 is 4.42 Å². The fourth-order valence-electron chi connectivity index (χ4n) is 4.33. The summed E-state index contributed by atoms with van der Waals surface area (Å²) in [4.78, 5) is 0. The van der Waals surface area contributed by atoms with E-state index in [4.69, 9.17) is 4.42 Å². The molecule has 0 radical (unpaired) electrons. The molecule has 0 bridgehead atoms. The average molecular weight is 344 g/mol. The van der Waals surface area contributed by atoms with Crippen molar-refractivity contribution in [3.63, 3.8) is 0 Å². The number of allylic oxidation sites excluding steroid dienone is 8. The standard InChI is InChI=1S/C23H24N2O/c1-22(2,3)20-11-7-8-14-23(20)15-18(17-9-5-4-6-10-17)12-13-19(23)21-25-24-16-26-21/h4-13,16H,14-15H2,1-3H3. The van der Waals surface area contributed by atoms with E-state index in [1.54, 1.807) is 0 Å². The summed E-state index contributed by atoms with van der Waals surface area (Å²) < 4.78 is 5.63. The minimum Gasteiger partial charge on any atom is -0.424 e. The topological polar surface area (TPSA) is 38.9 Å². The Morgan fingerprint density at radius 2 is 1.85 bits per heavy atom. The molecule has 1 atom stereocenters. The molecule has 2 aliphatic rings. The first-order valence-electron chi connectivity index (χ1n) is 9.12. The van der Waals surface area contributed by atoms with Crippen molar-refractivity contribution >= 4 is 11.1 Å². The summed E-state index contributed by atoms with van der Waals surface area (Å²) in [5, 5.41) is 8.16. The molecule has 1 unspecified atom stereocenters. The highest BCUT2D eigenvalue weighted by Crippen LogP contribution is 2.58. The normalized spacial score (nSPS) is 22.8. The van der Waals surface area contributed by atoms with E-state index in [-0.39, 0.29) is 10.8 Å².